The summed E-state index contributed by atoms with van der Waals surface area (Å²) in [5.74, 6) is -3.52. The number of carbonyl (C=O) groups excluding carboxylic acids is 2. The molecule has 1 aliphatic rings. The van der Waals surface area contributed by atoms with Gasteiger partial charge in [-0.05, 0) is 59.9 Å². The zero-order valence-corrected chi connectivity index (χ0v) is 23.2. The van der Waals surface area contributed by atoms with Gasteiger partial charge in [0.25, 0.3) is 11.7 Å². The molecule has 9 heteroatoms. The molecule has 1 heterocycles. The van der Waals surface area contributed by atoms with Crippen LogP contribution in [0.1, 0.15) is 50.4 Å². The van der Waals surface area contributed by atoms with Crippen molar-refractivity contribution in [3.8, 4) is 17.2 Å². The Balaban J connectivity index is 2.04. The molecule has 0 bridgehead atoms. The van der Waals surface area contributed by atoms with Gasteiger partial charge in [-0.2, -0.15) is 0 Å². The number of ether oxygens (including phenoxy) is 3. The second-order valence-corrected chi connectivity index (χ2v) is 10.3. The number of ketones is 1. The van der Waals surface area contributed by atoms with Crippen LogP contribution in [-0.2, 0) is 15.0 Å². The van der Waals surface area contributed by atoms with Gasteiger partial charge in [0, 0.05) is 6.07 Å². The summed E-state index contributed by atoms with van der Waals surface area (Å²) in [5, 5.41) is 11.7. The van der Waals surface area contributed by atoms with Crippen molar-refractivity contribution in [3.63, 3.8) is 0 Å². The summed E-state index contributed by atoms with van der Waals surface area (Å²) < 4.78 is 45.4. The number of halogens is 2. The molecule has 1 N–H and O–H groups in total. The highest BCUT2D eigenvalue weighted by Crippen LogP contribution is 2.46. The lowest BCUT2D eigenvalue weighted by molar-refractivity contribution is -0.132. The van der Waals surface area contributed by atoms with Gasteiger partial charge in [-0.1, -0.05) is 32.9 Å². The molecule has 0 aliphatic carbocycles. The fourth-order valence-electron chi connectivity index (χ4n) is 4.71. The third-order valence-electron chi connectivity index (χ3n) is 6.74. The SMILES string of the molecule is CCOc1cc(C2/C(=C(\O)c3cc(C(C)(C)C)ccc3OC)C(=O)C(=O)N2c2ccc(F)cc2F)ccc1OC. The maximum Gasteiger partial charge on any atom is 0.300 e. The van der Waals surface area contributed by atoms with E-state index in [1.54, 1.807) is 37.3 Å². The van der Waals surface area contributed by atoms with E-state index in [-0.39, 0.29) is 28.0 Å². The first-order valence-corrected chi connectivity index (χ1v) is 12.7. The number of carbonyl (C=O) groups is 2. The smallest absolute Gasteiger partial charge is 0.300 e. The molecule has 1 saturated heterocycles. The number of aliphatic hydroxyl groups excluding tert-OH is 1. The predicted octanol–water partition coefficient (Wildman–Crippen LogP) is 6.30. The number of Topliss-reactive ketones (excluding diaryl/α,β-unsaturated/α-hetero) is 1. The number of benzene rings is 3. The summed E-state index contributed by atoms with van der Waals surface area (Å²) in [4.78, 5) is 28.0. The van der Waals surface area contributed by atoms with E-state index in [0.29, 0.717) is 29.7 Å². The fourth-order valence-corrected chi connectivity index (χ4v) is 4.71. The molecule has 0 spiro atoms. The summed E-state index contributed by atoms with van der Waals surface area (Å²) >= 11 is 0. The van der Waals surface area contributed by atoms with Gasteiger partial charge in [-0.3, -0.25) is 14.5 Å². The summed E-state index contributed by atoms with van der Waals surface area (Å²) in [6.45, 7) is 8.04. The molecule has 0 saturated carbocycles. The minimum atomic E-state index is -1.28. The van der Waals surface area contributed by atoms with Crippen molar-refractivity contribution < 1.29 is 37.7 Å². The molecule has 3 aromatic rings. The Labute approximate surface area is 231 Å². The Morgan fingerprint density at radius 3 is 2.20 bits per heavy atom. The molecule has 1 unspecified atom stereocenters. The van der Waals surface area contributed by atoms with Crippen molar-refractivity contribution in [2.75, 3.05) is 25.7 Å². The van der Waals surface area contributed by atoms with Crippen LogP contribution in [0.15, 0.2) is 60.2 Å². The van der Waals surface area contributed by atoms with E-state index in [9.17, 15) is 19.1 Å². The first kappa shape index (κ1) is 28.6. The molecule has 1 atom stereocenters. The van der Waals surface area contributed by atoms with Crippen LogP contribution in [0.3, 0.4) is 0 Å². The Morgan fingerprint density at radius 1 is 0.925 bits per heavy atom. The number of hydrogen-bond donors (Lipinski definition) is 1. The number of anilines is 1. The highest BCUT2D eigenvalue weighted by molar-refractivity contribution is 6.51. The van der Waals surface area contributed by atoms with E-state index in [0.717, 1.165) is 22.6 Å². The van der Waals surface area contributed by atoms with Crippen LogP contribution in [0.4, 0.5) is 14.5 Å². The monoisotopic (exact) mass is 551 g/mol. The van der Waals surface area contributed by atoms with Crippen LogP contribution in [0, 0.1) is 11.6 Å². The number of methoxy groups -OCH3 is 2. The summed E-state index contributed by atoms with van der Waals surface area (Å²) in [6.07, 6.45) is 0. The van der Waals surface area contributed by atoms with Crippen LogP contribution in [-0.4, -0.2) is 37.6 Å². The quantitative estimate of drug-likeness (QED) is 0.211. The van der Waals surface area contributed by atoms with Crippen LogP contribution in [0.5, 0.6) is 17.2 Å². The second-order valence-electron chi connectivity index (χ2n) is 10.3. The van der Waals surface area contributed by atoms with Gasteiger partial charge in [0.05, 0.1) is 43.7 Å². The third-order valence-corrected chi connectivity index (χ3v) is 6.74. The standard InChI is InChI=1S/C31H31F2NO6/c1-7-40-25-14-17(8-12-24(25)39-6)27-26(28(35)20-15-18(31(2,3)4)9-13-23(20)38-5)29(36)30(37)34(27)22-11-10-19(32)16-21(22)33/h8-16,27,35H,7H2,1-6H3/b28-26+. The van der Waals surface area contributed by atoms with Crippen LogP contribution in [0.25, 0.3) is 5.76 Å². The maximum absolute atomic E-state index is 15.1. The molecule has 0 aromatic heterocycles. The zero-order valence-electron chi connectivity index (χ0n) is 23.2. The van der Waals surface area contributed by atoms with E-state index in [2.05, 4.69) is 0 Å². The number of aliphatic hydroxyl groups is 1. The molecule has 7 nitrogen and oxygen atoms in total. The Kier molecular flexibility index (Phi) is 7.86. The van der Waals surface area contributed by atoms with E-state index in [1.165, 1.54) is 14.2 Å². The van der Waals surface area contributed by atoms with Crippen molar-refractivity contribution in [1.82, 2.24) is 0 Å². The molecular formula is C31H31F2NO6. The van der Waals surface area contributed by atoms with Gasteiger partial charge < -0.3 is 19.3 Å². The number of nitrogens with zero attached hydrogens (tertiary/aromatic N) is 1. The average molecular weight is 552 g/mol. The molecule has 4 rings (SSSR count). The minimum Gasteiger partial charge on any atom is -0.507 e. The molecule has 1 amide bonds. The Bertz CT molecular complexity index is 1510. The lowest BCUT2D eigenvalue weighted by Crippen LogP contribution is -2.30. The van der Waals surface area contributed by atoms with Gasteiger partial charge in [0.2, 0.25) is 0 Å². The molecular weight excluding hydrogens is 520 g/mol. The third kappa shape index (κ3) is 5.11. The molecule has 3 aromatic carbocycles. The van der Waals surface area contributed by atoms with Gasteiger partial charge in [0.1, 0.15) is 23.1 Å². The van der Waals surface area contributed by atoms with Crippen LogP contribution in [0.2, 0.25) is 0 Å². The number of rotatable bonds is 7. The minimum absolute atomic E-state index is 0.191. The van der Waals surface area contributed by atoms with Gasteiger partial charge in [0.15, 0.2) is 11.5 Å². The highest BCUT2D eigenvalue weighted by atomic mass is 19.1. The summed E-state index contributed by atoms with van der Waals surface area (Å²) in [7, 11) is 2.89. The van der Waals surface area contributed by atoms with E-state index in [4.69, 9.17) is 14.2 Å². The van der Waals surface area contributed by atoms with E-state index in [1.807, 2.05) is 26.8 Å². The van der Waals surface area contributed by atoms with Gasteiger partial charge in [-0.25, -0.2) is 8.78 Å². The largest absolute Gasteiger partial charge is 0.507 e. The fraction of sp³-hybridized carbons (Fsp3) is 0.290. The van der Waals surface area contributed by atoms with E-state index < -0.39 is 35.1 Å². The zero-order chi connectivity index (χ0) is 29.4. The summed E-state index contributed by atoms with van der Waals surface area (Å²) in [6, 6.07) is 11.3. The van der Waals surface area contributed by atoms with Gasteiger partial charge >= 0.3 is 0 Å². The van der Waals surface area contributed by atoms with Crippen molar-refractivity contribution in [2.45, 2.75) is 39.2 Å². The lowest BCUT2D eigenvalue weighted by atomic mass is 9.85. The number of amides is 1. The molecule has 1 aliphatic heterocycles. The molecule has 40 heavy (non-hydrogen) atoms. The van der Waals surface area contributed by atoms with E-state index >= 15 is 4.39 Å². The normalized spacial score (nSPS) is 16.8. The van der Waals surface area contributed by atoms with Crippen LogP contribution < -0.4 is 19.1 Å². The predicted molar refractivity (Wildman–Crippen MR) is 147 cm³/mol. The highest BCUT2D eigenvalue weighted by Gasteiger charge is 2.48. The first-order chi connectivity index (χ1) is 18.9. The Morgan fingerprint density at radius 2 is 1.60 bits per heavy atom. The number of hydrogen-bond acceptors (Lipinski definition) is 6. The maximum atomic E-state index is 15.1. The van der Waals surface area contributed by atoms with Crippen LogP contribution >= 0.6 is 0 Å². The van der Waals surface area contributed by atoms with Crippen molar-refractivity contribution >= 4 is 23.1 Å². The second kappa shape index (κ2) is 11.0. The summed E-state index contributed by atoms with van der Waals surface area (Å²) in [5.41, 5.74) is 0.443. The first-order valence-electron chi connectivity index (χ1n) is 12.7. The molecule has 0 radical (unpaired) electrons. The van der Waals surface area contributed by atoms with Gasteiger partial charge in [-0.15, -0.1) is 0 Å². The van der Waals surface area contributed by atoms with Crippen molar-refractivity contribution in [2.24, 2.45) is 0 Å². The van der Waals surface area contributed by atoms with Crippen molar-refractivity contribution in [3.05, 3.63) is 88.5 Å². The lowest BCUT2D eigenvalue weighted by Gasteiger charge is -2.27. The molecule has 210 valence electrons. The molecule has 1 fully saturated rings. The average Bonchev–Trinajstić information content (AvgIpc) is 3.17. The topological polar surface area (TPSA) is 85.3 Å². The Hall–Kier alpha value is -4.40. The van der Waals surface area contributed by atoms with Crippen molar-refractivity contribution in [1.29, 1.82) is 0 Å².